The van der Waals surface area contributed by atoms with Crippen molar-refractivity contribution in [3.05, 3.63) is 35.9 Å². The molecule has 108 valence electrons. The van der Waals surface area contributed by atoms with Crippen LogP contribution >= 0.6 is 12.4 Å². The Balaban J connectivity index is 0.00000180. The zero-order valence-electron chi connectivity index (χ0n) is 10.5. The lowest BCUT2D eigenvalue weighted by atomic mass is 10.1. The van der Waals surface area contributed by atoms with Crippen LogP contribution in [0.4, 0.5) is 0 Å². The van der Waals surface area contributed by atoms with Crippen molar-refractivity contribution in [2.75, 3.05) is 0 Å². The van der Waals surface area contributed by atoms with Gasteiger partial charge in [-0.15, -0.1) is 12.4 Å². The van der Waals surface area contributed by atoms with Gasteiger partial charge in [0.05, 0.1) is 12.1 Å². The van der Waals surface area contributed by atoms with Gasteiger partial charge < -0.3 is 20.4 Å². The van der Waals surface area contributed by atoms with Gasteiger partial charge in [-0.2, -0.15) is 0 Å². The fourth-order valence-corrected chi connectivity index (χ4v) is 2.59. The Bertz CT molecular complexity index is 358. The van der Waals surface area contributed by atoms with Crippen LogP contribution in [0.2, 0.25) is 0 Å². The zero-order chi connectivity index (χ0) is 13.1. The second kappa shape index (κ2) is 7.19. The minimum Gasteiger partial charge on any atom is -0.367 e. The summed E-state index contributed by atoms with van der Waals surface area (Å²) < 4.78 is 0. The van der Waals surface area contributed by atoms with E-state index in [9.17, 15) is 20.4 Å². The number of nitrogens with zero attached hydrogens (tertiary/aromatic N) is 1. The molecule has 0 radical (unpaired) electrons. The van der Waals surface area contributed by atoms with Crippen molar-refractivity contribution in [1.29, 1.82) is 0 Å². The van der Waals surface area contributed by atoms with E-state index < -0.39 is 24.7 Å². The molecule has 1 aromatic rings. The summed E-state index contributed by atoms with van der Waals surface area (Å²) >= 11 is 0. The Morgan fingerprint density at radius 2 is 1.42 bits per heavy atom. The fraction of sp³-hybridized carbons (Fsp3) is 0.538. The third-order valence-corrected chi connectivity index (χ3v) is 3.51. The van der Waals surface area contributed by atoms with Crippen molar-refractivity contribution in [3.63, 3.8) is 0 Å². The van der Waals surface area contributed by atoms with E-state index in [1.807, 2.05) is 30.3 Å². The van der Waals surface area contributed by atoms with Gasteiger partial charge in [-0.1, -0.05) is 30.3 Å². The van der Waals surface area contributed by atoms with Gasteiger partial charge in [-0.25, -0.2) is 0 Å². The summed E-state index contributed by atoms with van der Waals surface area (Å²) in [5.41, 5.74) is 1.01. The molecule has 0 aromatic heterocycles. The molecule has 0 aliphatic carbocycles. The minimum atomic E-state index is -1.46. The number of aliphatic hydroxyl groups excluding tert-OH is 2. The van der Waals surface area contributed by atoms with E-state index in [-0.39, 0.29) is 12.4 Å². The molecule has 5 nitrogen and oxygen atoms in total. The van der Waals surface area contributed by atoms with Crippen LogP contribution in [-0.2, 0) is 6.54 Å². The summed E-state index contributed by atoms with van der Waals surface area (Å²) in [5.74, 6) is 0. The molecule has 6 heteroatoms. The quantitative estimate of drug-likeness (QED) is 0.589. The molecule has 1 aliphatic rings. The van der Waals surface area contributed by atoms with Gasteiger partial charge in [-0.3, -0.25) is 4.90 Å². The van der Waals surface area contributed by atoms with Gasteiger partial charge in [-0.05, 0) is 18.4 Å². The summed E-state index contributed by atoms with van der Waals surface area (Å²) in [6, 6.07) is 8.68. The van der Waals surface area contributed by atoms with Gasteiger partial charge in [0.1, 0.15) is 0 Å². The molecule has 1 saturated heterocycles. The summed E-state index contributed by atoms with van der Waals surface area (Å²) in [6.07, 6.45) is -1.82. The van der Waals surface area contributed by atoms with E-state index in [4.69, 9.17) is 0 Å². The SMILES string of the molecule is Cl.OC(O)C1CCC(C(O)O)N1Cc1ccccc1. The highest BCUT2D eigenvalue weighted by molar-refractivity contribution is 5.85. The van der Waals surface area contributed by atoms with Crippen LogP contribution < -0.4 is 0 Å². The van der Waals surface area contributed by atoms with E-state index in [0.29, 0.717) is 19.4 Å². The first-order valence-electron chi connectivity index (χ1n) is 6.11. The Morgan fingerprint density at radius 1 is 0.947 bits per heavy atom. The highest BCUT2D eigenvalue weighted by Crippen LogP contribution is 2.29. The van der Waals surface area contributed by atoms with Gasteiger partial charge in [0.15, 0.2) is 12.6 Å². The highest BCUT2D eigenvalue weighted by atomic mass is 35.5. The van der Waals surface area contributed by atoms with E-state index in [0.717, 1.165) is 5.56 Å². The first-order valence-corrected chi connectivity index (χ1v) is 6.11. The molecular formula is C13H20ClNO4. The second-order valence-electron chi connectivity index (χ2n) is 4.70. The molecule has 1 fully saturated rings. The summed E-state index contributed by atoms with van der Waals surface area (Å²) in [5, 5.41) is 37.4. The highest BCUT2D eigenvalue weighted by Gasteiger charge is 2.39. The fourth-order valence-electron chi connectivity index (χ4n) is 2.59. The summed E-state index contributed by atoms with van der Waals surface area (Å²) in [4.78, 5) is 1.75. The number of rotatable bonds is 4. The van der Waals surface area contributed by atoms with Crippen LogP contribution in [0.5, 0.6) is 0 Å². The van der Waals surface area contributed by atoms with Gasteiger partial charge in [0.25, 0.3) is 0 Å². The second-order valence-corrected chi connectivity index (χ2v) is 4.70. The van der Waals surface area contributed by atoms with Gasteiger partial charge in [0, 0.05) is 6.54 Å². The number of halogens is 1. The van der Waals surface area contributed by atoms with E-state index in [1.54, 1.807) is 4.90 Å². The molecule has 1 heterocycles. The van der Waals surface area contributed by atoms with Crippen LogP contribution in [-0.4, -0.2) is 50.0 Å². The normalized spacial score (nSPS) is 23.9. The molecule has 2 atom stereocenters. The third-order valence-electron chi connectivity index (χ3n) is 3.51. The molecular weight excluding hydrogens is 270 g/mol. The molecule has 1 aromatic carbocycles. The van der Waals surface area contributed by atoms with Crippen molar-refractivity contribution in [2.24, 2.45) is 0 Å². The number of hydrogen-bond donors (Lipinski definition) is 4. The lowest BCUT2D eigenvalue weighted by Crippen LogP contribution is -2.46. The monoisotopic (exact) mass is 289 g/mol. The number of likely N-dealkylation sites (tertiary alicyclic amines) is 1. The lowest BCUT2D eigenvalue weighted by Gasteiger charge is -2.31. The van der Waals surface area contributed by atoms with Crippen molar-refractivity contribution in [2.45, 2.75) is 44.1 Å². The standard InChI is InChI=1S/C13H19NO4.ClH/c15-12(16)10-6-7-11(13(17)18)14(10)8-9-4-2-1-3-5-9;/h1-5,10-13,15-18H,6-8H2;1H. The van der Waals surface area contributed by atoms with Crippen LogP contribution in [0.15, 0.2) is 30.3 Å². The molecule has 2 rings (SSSR count). The smallest absolute Gasteiger partial charge is 0.167 e. The average molecular weight is 290 g/mol. The number of hydrogen-bond acceptors (Lipinski definition) is 5. The maximum atomic E-state index is 9.35. The number of benzene rings is 1. The lowest BCUT2D eigenvalue weighted by molar-refractivity contribution is -0.132. The minimum absolute atomic E-state index is 0. The van der Waals surface area contributed by atoms with Crippen molar-refractivity contribution in [1.82, 2.24) is 4.90 Å². The predicted octanol–water partition coefficient (Wildman–Crippen LogP) is 0.0628. The van der Waals surface area contributed by atoms with Crippen LogP contribution in [0, 0.1) is 0 Å². The van der Waals surface area contributed by atoms with Crippen LogP contribution in [0.25, 0.3) is 0 Å². The van der Waals surface area contributed by atoms with Crippen molar-refractivity contribution >= 4 is 12.4 Å². The number of aliphatic hydroxyl groups is 4. The van der Waals surface area contributed by atoms with Crippen molar-refractivity contribution < 1.29 is 20.4 Å². The molecule has 19 heavy (non-hydrogen) atoms. The predicted molar refractivity (Wildman–Crippen MR) is 72.5 cm³/mol. The van der Waals surface area contributed by atoms with E-state index >= 15 is 0 Å². The first-order chi connectivity index (χ1) is 8.59. The molecule has 4 N–H and O–H groups in total. The van der Waals surface area contributed by atoms with Crippen molar-refractivity contribution in [3.8, 4) is 0 Å². The molecule has 0 bridgehead atoms. The first kappa shape index (κ1) is 16.4. The molecule has 0 spiro atoms. The zero-order valence-corrected chi connectivity index (χ0v) is 11.3. The summed E-state index contributed by atoms with van der Waals surface area (Å²) in [7, 11) is 0. The Kier molecular flexibility index (Phi) is 6.19. The Morgan fingerprint density at radius 3 is 1.84 bits per heavy atom. The Labute approximate surface area is 118 Å². The molecule has 1 aliphatic heterocycles. The largest absolute Gasteiger partial charge is 0.367 e. The van der Waals surface area contributed by atoms with E-state index in [1.165, 1.54) is 0 Å². The third kappa shape index (κ3) is 3.89. The average Bonchev–Trinajstić information content (AvgIpc) is 2.74. The van der Waals surface area contributed by atoms with Gasteiger partial charge >= 0.3 is 0 Å². The topological polar surface area (TPSA) is 84.2 Å². The maximum absolute atomic E-state index is 9.35. The molecule has 0 amide bonds. The maximum Gasteiger partial charge on any atom is 0.167 e. The van der Waals surface area contributed by atoms with Gasteiger partial charge in [0.2, 0.25) is 0 Å². The van der Waals surface area contributed by atoms with Crippen LogP contribution in [0.1, 0.15) is 18.4 Å². The van der Waals surface area contributed by atoms with Crippen LogP contribution in [0.3, 0.4) is 0 Å². The summed E-state index contributed by atoms with van der Waals surface area (Å²) in [6.45, 7) is 0.478. The molecule has 2 unspecified atom stereocenters. The van der Waals surface area contributed by atoms with E-state index in [2.05, 4.69) is 0 Å². The Hall–Kier alpha value is -0.690. The molecule has 0 saturated carbocycles.